The summed E-state index contributed by atoms with van der Waals surface area (Å²) in [5.41, 5.74) is 1.84. The summed E-state index contributed by atoms with van der Waals surface area (Å²) in [7, 11) is 0. The molecule has 0 saturated carbocycles. The van der Waals surface area contributed by atoms with Crippen LogP contribution in [0, 0.1) is 17.2 Å². The standard InChI is InChI=1S/C22H17N3O4S/c1-13(2)11-27-19-6-3-14(7-15(19)9-23)21-24-10-20(30-21)22(26)29-17-4-5-18-16(8-17)12-28-25-18/h3-8,10,12-13H,11H2,1-2H3. The Kier molecular flexibility index (Phi) is 5.46. The lowest BCUT2D eigenvalue weighted by molar-refractivity contribution is 0.0740. The van der Waals surface area contributed by atoms with Gasteiger partial charge in [-0.05, 0) is 42.3 Å². The van der Waals surface area contributed by atoms with E-state index in [1.165, 1.54) is 23.8 Å². The number of esters is 1. The summed E-state index contributed by atoms with van der Waals surface area (Å²) in [5, 5.41) is 14.6. The summed E-state index contributed by atoms with van der Waals surface area (Å²) in [5.74, 6) is 0.778. The molecule has 4 aromatic rings. The quantitative estimate of drug-likeness (QED) is 0.317. The minimum atomic E-state index is -0.507. The van der Waals surface area contributed by atoms with Crippen LogP contribution in [0.5, 0.6) is 11.5 Å². The molecule has 0 atom stereocenters. The topological polar surface area (TPSA) is 98.2 Å². The molecule has 30 heavy (non-hydrogen) atoms. The molecule has 0 unspecified atom stereocenters. The molecular formula is C22H17N3O4S. The molecule has 2 heterocycles. The van der Waals surface area contributed by atoms with Crippen molar-refractivity contribution in [3.8, 4) is 28.1 Å². The van der Waals surface area contributed by atoms with Crippen molar-refractivity contribution in [2.45, 2.75) is 13.8 Å². The van der Waals surface area contributed by atoms with Gasteiger partial charge in [0.1, 0.15) is 39.2 Å². The number of carbonyl (C=O) groups is 1. The van der Waals surface area contributed by atoms with Gasteiger partial charge < -0.3 is 14.0 Å². The minimum Gasteiger partial charge on any atom is -0.492 e. The van der Waals surface area contributed by atoms with Crippen LogP contribution in [0.15, 0.2) is 53.4 Å². The molecule has 0 amide bonds. The van der Waals surface area contributed by atoms with Crippen LogP contribution in [0.3, 0.4) is 0 Å². The van der Waals surface area contributed by atoms with Crippen LogP contribution >= 0.6 is 11.3 Å². The summed E-state index contributed by atoms with van der Waals surface area (Å²) in [6.45, 7) is 4.61. The van der Waals surface area contributed by atoms with Crippen LogP contribution in [0.25, 0.3) is 21.5 Å². The zero-order valence-corrected chi connectivity index (χ0v) is 17.1. The molecule has 150 valence electrons. The smallest absolute Gasteiger partial charge is 0.355 e. The number of nitriles is 1. The summed E-state index contributed by atoms with van der Waals surface area (Å²) in [4.78, 5) is 17.2. The van der Waals surface area contributed by atoms with Gasteiger partial charge in [0.25, 0.3) is 0 Å². The number of thiazole rings is 1. The van der Waals surface area contributed by atoms with Crippen molar-refractivity contribution in [3.63, 3.8) is 0 Å². The van der Waals surface area contributed by atoms with Gasteiger partial charge in [0.15, 0.2) is 0 Å². The second-order valence-corrected chi connectivity index (χ2v) is 8.01. The lowest BCUT2D eigenvalue weighted by atomic mass is 10.1. The Balaban J connectivity index is 1.51. The molecule has 0 aliphatic carbocycles. The number of benzene rings is 2. The van der Waals surface area contributed by atoms with Crippen molar-refractivity contribution >= 4 is 28.2 Å². The van der Waals surface area contributed by atoms with Crippen LogP contribution in [-0.2, 0) is 0 Å². The molecule has 8 heteroatoms. The van der Waals surface area contributed by atoms with Crippen LogP contribution in [0.2, 0.25) is 0 Å². The van der Waals surface area contributed by atoms with Crippen molar-refractivity contribution in [1.82, 2.24) is 10.1 Å². The number of aromatic nitrogens is 2. The fraction of sp³-hybridized carbons (Fsp3) is 0.182. The Hall–Kier alpha value is -3.70. The van der Waals surface area contributed by atoms with Crippen molar-refractivity contribution in [2.75, 3.05) is 6.61 Å². The van der Waals surface area contributed by atoms with Gasteiger partial charge >= 0.3 is 5.97 Å². The maximum absolute atomic E-state index is 12.5. The maximum atomic E-state index is 12.5. The monoisotopic (exact) mass is 419 g/mol. The predicted octanol–water partition coefficient (Wildman–Crippen LogP) is 5.08. The third-order valence-electron chi connectivity index (χ3n) is 4.17. The van der Waals surface area contributed by atoms with Crippen molar-refractivity contribution in [3.05, 3.63) is 59.3 Å². The van der Waals surface area contributed by atoms with Crippen LogP contribution in [-0.4, -0.2) is 22.7 Å². The largest absolute Gasteiger partial charge is 0.492 e. The highest BCUT2D eigenvalue weighted by molar-refractivity contribution is 7.16. The van der Waals surface area contributed by atoms with E-state index in [1.807, 2.05) is 19.9 Å². The first-order valence-corrected chi connectivity index (χ1v) is 10.0. The van der Waals surface area contributed by atoms with Gasteiger partial charge in [-0.3, -0.25) is 0 Å². The van der Waals surface area contributed by atoms with Crippen molar-refractivity contribution in [1.29, 1.82) is 5.26 Å². The Labute approximate surface area is 176 Å². The second kappa shape index (κ2) is 8.35. The van der Waals surface area contributed by atoms with Gasteiger partial charge in [0.2, 0.25) is 0 Å². The molecule has 0 spiro atoms. The van der Waals surface area contributed by atoms with Crippen molar-refractivity contribution in [2.24, 2.45) is 5.92 Å². The van der Waals surface area contributed by atoms with E-state index in [0.29, 0.717) is 45.0 Å². The maximum Gasteiger partial charge on any atom is 0.355 e. The van der Waals surface area contributed by atoms with E-state index in [9.17, 15) is 10.1 Å². The van der Waals surface area contributed by atoms with E-state index < -0.39 is 5.97 Å². The van der Waals surface area contributed by atoms with E-state index in [0.717, 1.165) is 10.9 Å². The van der Waals surface area contributed by atoms with E-state index in [2.05, 4.69) is 16.2 Å². The zero-order valence-electron chi connectivity index (χ0n) is 16.3. The summed E-state index contributed by atoms with van der Waals surface area (Å²) in [6.07, 6.45) is 2.95. The van der Waals surface area contributed by atoms with E-state index in [1.54, 1.807) is 30.3 Å². The molecule has 0 saturated heterocycles. The number of ether oxygens (including phenoxy) is 2. The Morgan fingerprint density at radius 1 is 1.27 bits per heavy atom. The van der Waals surface area contributed by atoms with E-state index in [-0.39, 0.29) is 0 Å². The van der Waals surface area contributed by atoms with Crippen LogP contribution in [0.1, 0.15) is 29.1 Å². The summed E-state index contributed by atoms with van der Waals surface area (Å²) in [6, 6.07) is 12.5. The number of hydrogen-bond donors (Lipinski definition) is 0. The third-order valence-corrected chi connectivity index (χ3v) is 5.19. The fourth-order valence-corrected chi connectivity index (χ4v) is 3.49. The summed E-state index contributed by atoms with van der Waals surface area (Å²) >= 11 is 1.20. The molecular weight excluding hydrogens is 402 g/mol. The third kappa shape index (κ3) is 4.16. The number of hydrogen-bond acceptors (Lipinski definition) is 8. The molecule has 2 aromatic carbocycles. The SMILES string of the molecule is CC(C)COc1ccc(-c2ncc(C(=O)Oc3ccc4nocc4c3)s2)cc1C#N. The Morgan fingerprint density at radius 3 is 2.93 bits per heavy atom. The zero-order chi connectivity index (χ0) is 21.1. The molecule has 4 rings (SSSR count). The predicted molar refractivity (Wildman–Crippen MR) is 112 cm³/mol. The highest BCUT2D eigenvalue weighted by Gasteiger charge is 2.16. The van der Waals surface area contributed by atoms with Gasteiger partial charge in [-0.15, -0.1) is 11.3 Å². The Morgan fingerprint density at radius 2 is 2.13 bits per heavy atom. The normalized spacial score (nSPS) is 10.9. The highest BCUT2D eigenvalue weighted by atomic mass is 32.1. The van der Waals surface area contributed by atoms with Crippen LogP contribution < -0.4 is 9.47 Å². The fourth-order valence-electron chi connectivity index (χ4n) is 2.71. The number of carbonyl (C=O) groups excluding carboxylic acids is 1. The van der Waals surface area contributed by atoms with Gasteiger partial charge in [0.05, 0.1) is 18.4 Å². The molecule has 0 aliphatic rings. The average Bonchev–Trinajstić information content (AvgIpc) is 3.41. The lowest BCUT2D eigenvalue weighted by Crippen LogP contribution is -2.06. The van der Waals surface area contributed by atoms with Crippen LogP contribution in [0.4, 0.5) is 0 Å². The molecule has 0 aliphatic heterocycles. The minimum absolute atomic E-state index is 0.356. The molecule has 0 N–H and O–H groups in total. The number of nitrogens with zero attached hydrogens (tertiary/aromatic N) is 3. The van der Waals surface area contributed by atoms with Gasteiger partial charge in [-0.1, -0.05) is 19.0 Å². The first kappa shape index (κ1) is 19.6. The van der Waals surface area contributed by atoms with Gasteiger partial charge in [0, 0.05) is 10.9 Å². The number of rotatable bonds is 6. The Bertz CT molecular complexity index is 1250. The highest BCUT2D eigenvalue weighted by Crippen LogP contribution is 2.30. The van der Waals surface area contributed by atoms with Gasteiger partial charge in [-0.25, -0.2) is 9.78 Å². The molecule has 0 radical (unpaired) electrons. The second-order valence-electron chi connectivity index (χ2n) is 6.98. The first-order valence-electron chi connectivity index (χ1n) is 9.23. The number of fused-ring (bicyclic) bond motifs is 1. The molecule has 2 aromatic heterocycles. The van der Waals surface area contributed by atoms with Gasteiger partial charge in [-0.2, -0.15) is 5.26 Å². The average molecular weight is 419 g/mol. The molecule has 0 fully saturated rings. The summed E-state index contributed by atoms with van der Waals surface area (Å²) < 4.78 is 16.0. The van der Waals surface area contributed by atoms with E-state index in [4.69, 9.17) is 14.0 Å². The van der Waals surface area contributed by atoms with E-state index >= 15 is 0 Å². The molecule has 0 bridgehead atoms. The lowest BCUT2D eigenvalue weighted by Gasteiger charge is -2.10. The molecule has 7 nitrogen and oxygen atoms in total. The van der Waals surface area contributed by atoms with Crippen molar-refractivity contribution < 1.29 is 18.8 Å². The first-order chi connectivity index (χ1) is 14.5.